The molecule has 1 aromatic heterocycles. The summed E-state index contributed by atoms with van der Waals surface area (Å²) in [6, 6.07) is 5.56. The monoisotopic (exact) mass is 425 g/mol. The number of nitrogens with one attached hydrogen (secondary N) is 1. The van der Waals surface area contributed by atoms with Gasteiger partial charge in [-0.15, -0.1) is 0 Å². The fraction of sp³-hybridized carbons (Fsp3) is 0.500. The Labute approximate surface area is 160 Å². The minimum Gasteiger partial charge on any atom is -0.353 e. The van der Waals surface area contributed by atoms with Crippen LogP contribution in [0, 0.1) is 5.92 Å². The van der Waals surface area contributed by atoms with E-state index in [1.807, 2.05) is 32.9 Å². The molecule has 0 aliphatic rings. The van der Waals surface area contributed by atoms with E-state index in [0.29, 0.717) is 28.5 Å². The van der Waals surface area contributed by atoms with Crippen LogP contribution in [0.15, 0.2) is 32.6 Å². The van der Waals surface area contributed by atoms with Crippen LogP contribution in [0.3, 0.4) is 0 Å². The van der Waals surface area contributed by atoms with Gasteiger partial charge in [0.1, 0.15) is 0 Å². The van der Waals surface area contributed by atoms with Gasteiger partial charge in [-0.05, 0) is 44.9 Å². The number of benzene rings is 1. The molecule has 0 radical (unpaired) electrons. The molecule has 0 bridgehead atoms. The first-order chi connectivity index (χ1) is 11.7. The smallest absolute Gasteiger partial charge is 0.262 e. The highest BCUT2D eigenvalue weighted by atomic mass is 79.9. The molecule has 1 amide bonds. The van der Waals surface area contributed by atoms with Crippen molar-refractivity contribution in [3.8, 4) is 0 Å². The average Bonchev–Trinajstić information content (AvgIpc) is 2.51. The normalized spacial score (nSPS) is 12.8. The Morgan fingerprint density at radius 3 is 2.56 bits per heavy atom. The van der Waals surface area contributed by atoms with E-state index >= 15 is 0 Å². The fourth-order valence-electron chi connectivity index (χ4n) is 2.40. The second-order valence-corrected chi connectivity index (χ2v) is 9.01. The number of carbonyl (C=O) groups is 1. The summed E-state index contributed by atoms with van der Waals surface area (Å²) in [5.41, 5.74) is 0.575. The molecule has 0 aliphatic carbocycles. The third-order valence-corrected chi connectivity index (χ3v) is 5.09. The highest BCUT2D eigenvalue weighted by molar-refractivity contribution is 9.10. The Kier molecular flexibility index (Phi) is 6.68. The first-order valence-corrected chi connectivity index (χ1v) is 10.0. The molecule has 2 aromatic rings. The first-order valence-electron chi connectivity index (χ1n) is 8.36. The van der Waals surface area contributed by atoms with E-state index in [0.717, 1.165) is 4.47 Å². The Morgan fingerprint density at radius 1 is 1.28 bits per heavy atom. The standard InChI is InChI=1S/C18H24BrN3O2S/c1-10(2)9-22-17(24)14-8-13(19)6-7-15(14)21-18(22)25-12(5)16(23)20-11(3)4/h6-8,10-12H,9H2,1-5H3,(H,20,23). The van der Waals surface area contributed by atoms with Gasteiger partial charge in [-0.25, -0.2) is 4.98 Å². The summed E-state index contributed by atoms with van der Waals surface area (Å²) >= 11 is 4.73. The zero-order valence-corrected chi connectivity index (χ0v) is 17.6. The van der Waals surface area contributed by atoms with Gasteiger partial charge < -0.3 is 5.32 Å². The molecule has 25 heavy (non-hydrogen) atoms. The minimum atomic E-state index is -0.333. The molecule has 7 heteroatoms. The average molecular weight is 426 g/mol. The molecule has 0 fully saturated rings. The summed E-state index contributed by atoms with van der Waals surface area (Å²) in [5.74, 6) is 0.240. The van der Waals surface area contributed by atoms with E-state index in [2.05, 4.69) is 40.1 Å². The van der Waals surface area contributed by atoms with Crippen molar-refractivity contribution in [2.75, 3.05) is 0 Å². The fourth-order valence-corrected chi connectivity index (χ4v) is 3.69. The van der Waals surface area contributed by atoms with Gasteiger partial charge in [0.15, 0.2) is 5.16 Å². The third kappa shape index (κ3) is 5.07. The molecule has 1 aromatic carbocycles. The molecule has 136 valence electrons. The maximum absolute atomic E-state index is 13.0. The van der Waals surface area contributed by atoms with Crippen LogP contribution in [0.4, 0.5) is 0 Å². The molecule has 1 atom stereocenters. The molecule has 1 unspecified atom stereocenters. The predicted octanol–water partition coefficient (Wildman–Crippen LogP) is 3.82. The van der Waals surface area contributed by atoms with Gasteiger partial charge in [0.05, 0.1) is 16.2 Å². The Bertz CT molecular complexity index is 833. The lowest BCUT2D eigenvalue weighted by molar-refractivity contribution is -0.120. The summed E-state index contributed by atoms with van der Waals surface area (Å²) < 4.78 is 2.53. The van der Waals surface area contributed by atoms with Gasteiger partial charge in [0, 0.05) is 17.1 Å². The number of hydrogen-bond donors (Lipinski definition) is 1. The van der Waals surface area contributed by atoms with Crippen molar-refractivity contribution in [3.05, 3.63) is 33.0 Å². The van der Waals surface area contributed by atoms with E-state index in [4.69, 9.17) is 0 Å². The van der Waals surface area contributed by atoms with E-state index in [1.54, 1.807) is 10.6 Å². The van der Waals surface area contributed by atoms with E-state index in [1.165, 1.54) is 11.8 Å². The van der Waals surface area contributed by atoms with Crippen molar-refractivity contribution in [2.24, 2.45) is 5.92 Å². The van der Waals surface area contributed by atoms with Crippen molar-refractivity contribution in [1.82, 2.24) is 14.9 Å². The number of rotatable bonds is 6. The number of thioether (sulfide) groups is 1. The van der Waals surface area contributed by atoms with Crippen molar-refractivity contribution in [2.45, 2.75) is 57.6 Å². The van der Waals surface area contributed by atoms with Crippen LogP contribution < -0.4 is 10.9 Å². The number of carbonyl (C=O) groups excluding carboxylic acids is 1. The third-order valence-electron chi connectivity index (χ3n) is 3.51. The molecule has 0 saturated carbocycles. The Balaban J connectivity index is 2.48. The summed E-state index contributed by atoms with van der Waals surface area (Å²) in [4.78, 5) is 29.8. The lowest BCUT2D eigenvalue weighted by Gasteiger charge is -2.18. The van der Waals surface area contributed by atoms with Crippen molar-refractivity contribution in [3.63, 3.8) is 0 Å². The van der Waals surface area contributed by atoms with Crippen LogP contribution >= 0.6 is 27.7 Å². The minimum absolute atomic E-state index is 0.0544. The molecule has 2 rings (SSSR count). The van der Waals surface area contributed by atoms with Gasteiger partial charge in [-0.3, -0.25) is 14.2 Å². The lowest BCUT2D eigenvalue weighted by atomic mass is 10.2. The number of halogens is 1. The topological polar surface area (TPSA) is 64.0 Å². The Morgan fingerprint density at radius 2 is 1.96 bits per heavy atom. The van der Waals surface area contributed by atoms with Crippen LogP contribution in [0.5, 0.6) is 0 Å². The maximum atomic E-state index is 13.0. The number of fused-ring (bicyclic) bond motifs is 1. The number of hydrogen-bond acceptors (Lipinski definition) is 4. The zero-order valence-electron chi connectivity index (χ0n) is 15.2. The van der Waals surface area contributed by atoms with Gasteiger partial charge in [0.2, 0.25) is 5.91 Å². The highest BCUT2D eigenvalue weighted by Crippen LogP contribution is 2.24. The van der Waals surface area contributed by atoms with Gasteiger partial charge in [-0.2, -0.15) is 0 Å². The number of aromatic nitrogens is 2. The van der Waals surface area contributed by atoms with Crippen LogP contribution in [0.1, 0.15) is 34.6 Å². The molecule has 0 aliphatic heterocycles. The van der Waals surface area contributed by atoms with E-state index in [-0.39, 0.29) is 22.8 Å². The second-order valence-electron chi connectivity index (χ2n) is 6.79. The Hall–Kier alpha value is -1.34. The second kappa shape index (κ2) is 8.36. The quantitative estimate of drug-likeness (QED) is 0.564. The molecular weight excluding hydrogens is 402 g/mol. The van der Waals surface area contributed by atoms with Crippen molar-refractivity contribution in [1.29, 1.82) is 0 Å². The first kappa shape index (κ1) is 20.0. The molecular formula is C18H24BrN3O2S. The van der Waals surface area contributed by atoms with Crippen LogP contribution in [0.25, 0.3) is 10.9 Å². The van der Waals surface area contributed by atoms with Gasteiger partial charge >= 0.3 is 0 Å². The number of amides is 1. The molecule has 1 N–H and O–H groups in total. The predicted molar refractivity (Wildman–Crippen MR) is 107 cm³/mol. The van der Waals surface area contributed by atoms with Gasteiger partial charge in [-0.1, -0.05) is 41.5 Å². The van der Waals surface area contributed by atoms with Crippen molar-refractivity contribution >= 4 is 44.5 Å². The highest BCUT2D eigenvalue weighted by Gasteiger charge is 2.20. The summed E-state index contributed by atoms with van der Waals surface area (Å²) in [6.45, 7) is 10.4. The van der Waals surface area contributed by atoms with Crippen molar-refractivity contribution < 1.29 is 4.79 Å². The molecule has 1 heterocycles. The van der Waals surface area contributed by atoms with Crippen LogP contribution in [-0.2, 0) is 11.3 Å². The summed E-state index contributed by atoms with van der Waals surface area (Å²) in [6.07, 6.45) is 0. The van der Waals surface area contributed by atoms with E-state index < -0.39 is 0 Å². The SMILES string of the molecule is CC(C)Cn1c(SC(C)C(=O)NC(C)C)nc2ccc(Br)cc2c1=O. The summed E-state index contributed by atoms with van der Waals surface area (Å²) in [7, 11) is 0. The number of nitrogens with zero attached hydrogens (tertiary/aromatic N) is 2. The van der Waals surface area contributed by atoms with Gasteiger partial charge in [0.25, 0.3) is 5.56 Å². The zero-order chi connectivity index (χ0) is 18.7. The molecule has 0 saturated heterocycles. The molecule has 5 nitrogen and oxygen atoms in total. The van der Waals surface area contributed by atoms with Crippen LogP contribution in [0.2, 0.25) is 0 Å². The maximum Gasteiger partial charge on any atom is 0.262 e. The largest absolute Gasteiger partial charge is 0.353 e. The molecule has 0 spiro atoms. The lowest BCUT2D eigenvalue weighted by Crippen LogP contribution is -2.36. The summed E-state index contributed by atoms with van der Waals surface area (Å²) in [5, 5.41) is 3.73. The van der Waals surface area contributed by atoms with Crippen LogP contribution in [-0.4, -0.2) is 26.8 Å². The van der Waals surface area contributed by atoms with E-state index in [9.17, 15) is 9.59 Å².